The van der Waals surface area contributed by atoms with E-state index in [9.17, 15) is 19.7 Å². The van der Waals surface area contributed by atoms with Crippen LogP contribution in [-0.2, 0) is 27.4 Å². The van der Waals surface area contributed by atoms with Crippen LogP contribution in [0, 0.1) is 24.0 Å². The van der Waals surface area contributed by atoms with E-state index in [0.29, 0.717) is 10.0 Å². The first kappa shape index (κ1) is 22.3. The number of benzene rings is 2. The van der Waals surface area contributed by atoms with Crippen molar-refractivity contribution in [2.75, 3.05) is 6.61 Å². The average molecular weight is 461 g/mol. The van der Waals surface area contributed by atoms with Crippen molar-refractivity contribution in [2.45, 2.75) is 33.9 Å². The molecule has 0 aliphatic carbocycles. The average Bonchev–Trinajstić information content (AvgIpc) is 2.65. The maximum atomic E-state index is 12.3. The molecule has 0 spiro atoms. The molecule has 2 aromatic rings. The molecule has 0 unspecified atom stereocenters. The van der Waals surface area contributed by atoms with Crippen LogP contribution in [0.5, 0.6) is 0 Å². The van der Waals surface area contributed by atoms with Crippen molar-refractivity contribution < 1.29 is 19.2 Å². The maximum absolute atomic E-state index is 12.3. The van der Waals surface area contributed by atoms with Crippen molar-refractivity contribution in [1.29, 1.82) is 0 Å². The zero-order chi connectivity index (χ0) is 21.6. The summed E-state index contributed by atoms with van der Waals surface area (Å²) in [5, 5.41) is 11.4. The van der Waals surface area contributed by atoms with Crippen molar-refractivity contribution in [3.8, 4) is 0 Å². The Morgan fingerprint density at radius 3 is 2.48 bits per heavy atom. The van der Waals surface area contributed by atoms with Gasteiger partial charge >= 0.3 is 5.97 Å². The molecule has 0 N–H and O–H groups in total. The molecule has 0 amide bonds. The zero-order valence-electron chi connectivity index (χ0n) is 16.4. The van der Waals surface area contributed by atoms with Gasteiger partial charge in [-0.25, -0.2) is 9.59 Å². The fraction of sp³-hybridized carbons (Fsp3) is 0.286. The summed E-state index contributed by atoms with van der Waals surface area (Å²) in [6.07, 6.45) is 0. The lowest BCUT2D eigenvalue weighted by Crippen LogP contribution is -2.29. The lowest BCUT2D eigenvalue weighted by atomic mass is 10.1. The van der Waals surface area contributed by atoms with Gasteiger partial charge in [-0.1, -0.05) is 34.1 Å². The summed E-state index contributed by atoms with van der Waals surface area (Å²) >= 11 is 3.31. The molecule has 8 heteroatoms. The first-order valence-corrected chi connectivity index (χ1v) is 9.72. The molecule has 7 nitrogen and oxygen atoms in total. The molecule has 0 fully saturated rings. The molecule has 2 rings (SSSR count). The number of carbonyl (C=O) groups excluding carboxylic acids is 2. The number of carbonyl (C=O) groups is 1. The number of esters is 1. The van der Waals surface area contributed by atoms with E-state index in [1.54, 1.807) is 25.0 Å². The van der Waals surface area contributed by atoms with Crippen molar-refractivity contribution >= 4 is 33.5 Å². The van der Waals surface area contributed by atoms with E-state index in [1.165, 1.54) is 11.0 Å². The van der Waals surface area contributed by atoms with E-state index in [1.807, 2.05) is 32.0 Å². The fourth-order valence-corrected chi connectivity index (χ4v) is 3.24. The summed E-state index contributed by atoms with van der Waals surface area (Å²) in [6, 6.07) is 10.3. The molecule has 0 bridgehead atoms. The Morgan fingerprint density at radius 1 is 1.17 bits per heavy atom. The summed E-state index contributed by atoms with van der Waals surface area (Å²) in [5.41, 5.74) is 2.96. The zero-order valence-corrected chi connectivity index (χ0v) is 18.0. The molecule has 0 saturated carbocycles. The summed E-state index contributed by atoms with van der Waals surface area (Å²) in [5.74, 6) is 0.837. The van der Waals surface area contributed by atoms with Gasteiger partial charge in [-0.3, -0.25) is 10.1 Å². The number of ether oxygens (including phenoxy) is 1. The van der Waals surface area contributed by atoms with Crippen molar-refractivity contribution in [3.63, 3.8) is 0 Å². The quantitative estimate of drug-likeness (QED) is 0.192. The molecule has 29 heavy (non-hydrogen) atoms. The van der Waals surface area contributed by atoms with Crippen molar-refractivity contribution in [3.05, 3.63) is 78.9 Å². The van der Waals surface area contributed by atoms with Crippen LogP contribution in [-0.4, -0.2) is 28.3 Å². The number of nitro groups is 1. The first-order valence-electron chi connectivity index (χ1n) is 8.93. The van der Waals surface area contributed by atoms with Gasteiger partial charge in [0.1, 0.15) is 0 Å². The molecule has 0 heterocycles. The molecule has 0 aromatic heterocycles. The monoisotopic (exact) mass is 460 g/mol. The van der Waals surface area contributed by atoms with Gasteiger partial charge in [0.15, 0.2) is 5.94 Å². The third-order valence-corrected chi connectivity index (χ3v) is 4.92. The molecule has 2 aromatic carbocycles. The largest absolute Gasteiger partial charge is 0.461 e. The number of hydrogen-bond donors (Lipinski definition) is 0. The van der Waals surface area contributed by atoms with Crippen LogP contribution in [0.15, 0.2) is 46.6 Å². The van der Waals surface area contributed by atoms with Crippen LogP contribution in [0.25, 0.3) is 0 Å². The smallest absolute Gasteiger partial charge is 0.366 e. The van der Waals surface area contributed by atoms with Crippen LogP contribution in [0.2, 0.25) is 0 Å². The van der Waals surface area contributed by atoms with E-state index >= 15 is 0 Å². The Morgan fingerprint density at radius 2 is 1.90 bits per heavy atom. The van der Waals surface area contributed by atoms with E-state index in [4.69, 9.17) is 4.74 Å². The predicted molar refractivity (Wildman–Crippen MR) is 112 cm³/mol. The van der Waals surface area contributed by atoms with Crippen LogP contribution in [0.4, 0.5) is 5.69 Å². The number of nitrogens with zero attached hydrogens (tertiary/aromatic N) is 2. The molecular formula is C21H21BrN2O5. The van der Waals surface area contributed by atoms with E-state index < -0.39 is 10.9 Å². The second-order valence-corrected chi connectivity index (χ2v) is 7.39. The summed E-state index contributed by atoms with van der Waals surface area (Å²) < 4.78 is 5.62. The van der Waals surface area contributed by atoms with Crippen LogP contribution >= 0.6 is 15.9 Å². The van der Waals surface area contributed by atoms with E-state index in [2.05, 4.69) is 15.9 Å². The molecular weight excluding hydrogens is 440 g/mol. The van der Waals surface area contributed by atoms with Gasteiger partial charge in [0, 0.05) is 17.1 Å². The molecule has 0 radical (unpaired) electrons. The molecule has 0 aliphatic heterocycles. The Balaban J connectivity index is 2.48. The minimum Gasteiger partial charge on any atom is -0.461 e. The van der Waals surface area contributed by atoms with Crippen LogP contribution in [0.1, 0.15) is 29.2 Å². The van der Waals surface area contributed by atoms with Crippen molar-refractivity contribution in [2.24, 2.45) is 0 Å². The second-order valence-electron chi connectivity index (χ2n) is 6.48. The van der Waals surface area contributed by atoms with Gasteiger partial charge in [-0.15, -0.1) is 0 Å². The van der Waals surface area contributed by atoms with Gasteiger partial charge in [0.05, 0.1) is 23.6 Å². The maximum Gasteiger partial charge on any atom is 0.366 e. The lowest BCUT2D eigenvalue weighted by Gasteiger charge is -2.24. The van der Waals surface area contributed by atoms with Crippen molar-refractivity contribution in [1.82, 2.24) is 4.90 Å². The van der Waals surface area contributed by atoms with E-state index in [0.717, 1.165) is 16.7 Å². The second kappa shape index (κ2) is 10.0. The number of rotatable bonds is 8. The third kappa shape index (κ3) is 5.76. The topological polar surface area (TPSA) is 89.8 Å². The Labute approximate surface area is 177 Å². The Hall–Kier alpha value is -2.96. The highest BCUT2D eigenvalue weighted by Crippen LogP contribution is 2.26. The summed E-state index contributed by atoms with van der Waals surface area (Å²) in [7, 11) is 0. The number of nitro benzene ring substituents is 1. The van der Waals surface area contributed by atoms with E-state index in [-0.39, 0.29) is 31.1 Å². The fourth-order valence-electron chi connectivity index (χ4n) is 2.84. The lowest BCUT2D eigenvalue weighted by molar-refractivity contribution is -0.385. The third-order valence-electron chi connectivity index (χ3n) is 4.43. The van der Waals surface area contributed by atoms with Gasteiger partial charge in [0.2, 0.25) is 5.70 Å². The standard InChI is InChI=1S/C21H21BrN2O5/c1-4-29-21(26)20(13-25)23(11-16-6-5-14(2)15(3)9-16)12-17-10-18(22)7-8-19(17)24(27)28/h5-10H,4,11-12H2,1-3H3. The normalized spacial score (nSPS) is 10.2. The van der Waals surface area contributed by atoms with Gasteiger partial charge in [-0.2, -0.15) is 0 Å². The summed E-state index contributed by atoms with van der Waals surface area (Å²) in [4.78, 5) is 36.3. The minimum atomic E-state index is -0.816. The number of halogens is 1. The summed E-state index contributed by atoms with van der Waals surface area (Å²) in [6.45, 7) is 5.83. The molecule has 152 valence electrons. The molecule has 0 aliphatic rings. The predicted octanol–water partition coefficient (Wildman–Crippen LogP) is 4.25. The highest BCUT2D eigenvalue weighted by molar-refractivity contribution is 9.10. The van der Waals surface area contributed by atoms with Crippen LogP contribution in [0.3, 0.4) is 0 Å². The molecule has 0 saturated heterocycles. The highest BCUT2D eigenvalue weighted by Gasteiger charge is 2.24. The highest BCUT2D eigenvalue weighted by atomic mass is 79.9. The van der Waals surface area contributed by atoms with Crippen LogP contribution < -0.4 is 0 Å². The minimum absolute atomic E-state index is 0.0356. The Kier molecular flexibility index (Phi) is 7.70. The number of hydrogen-bond acceptors (Lipinski definition) is 6. The van der Waals surface area contributed by atoms with Gasteiger partial charge in [0.25, 0.3) is 5.69 Å². The first-order chi connectivity index (χ1) is 13.8. The molecule has 0 atom stereocenters. The number of aryl methyl sites for hydroxylation is 2. The van der Waals surface area contributed by atoms with Gasteiger partial charge < -0.3 is 9.64 Å². The Bertz CT molecular complexity index is 983. The SMILES string of the molecule is CCOC(=O)C(=C=O)N(Cc1ccc(C)c(C)c1)Cc1cc(Br)ccc1[N+](=O)[O-]. The van der Waals surface area contributed by atoms with Gasteiger partial charge in [-0.05, 0) is 49.6 Å².